The van der Waals surface area contributed by atoms with Gasteiger partial charge in [0.05, 0.1) is 31.3 Å². The Kier molecular flexibility index (Phi) is 7.63. The van der Waals surface area contributed by atoms with E-state index in [1.54, 1.807) is 28.0 Å². The number of nitrogens with zero attached hydrogens (tertiary/aromatic N) is 2. The molecular formula is C22H23ClF3N3O3. The van der Waals surface area contributed by atoms with Crippen molar-refractivity contribution in [1.82, 2.24) is 9.80 Å². The first-order chi connectivity index (χ1) is 15.2. The summed E-state index contributed by atoms with van der Waals surface area (Å²) in [4.78, 5) is 28.5. The maximum Gasteiger partial charge on any atom is 0.418 e. The third-order valence-corrected chi connectivity index (χ3v) is 5.42. The van der Waals surface area contributed by atoms with Crippen LogP contribution in [-0.4, -0.2) is 61.4 Å². The molecule has 2 amide bonds. The van der Waals surface area contributed by atoms with E-state index in [-0.39, 0.29) is 24.6 Å². The van der Waals surface area contributed by atoms with Crippen molar-refractivity contribution in [3.63, 3.8) is 0 Å². The van der Waals surface area contributed by atoms with Gasteiger partial charge in [0.25, 0.3) is 0 Å². The quantitative estimate of drug-likeness (QED) is 0.701. The van der Waals surface area contributed by atoms with E-state index < -0.39 is 17.6 Å². The van der Waals surface area contributed by atoms with Gasteiger partial charge in [-0.1, -0.05) is 23.7 Å². The zero-order valence-electron chi connectivity index (χ0n) is 17.4. The summed E-state index contributed by atoms with van der Waals surface area (Å²) in [5.41, 5.74) is -0.468. The third kappa shape index (κ3) is 6.14. The molecule has 1 aliphatic heterocycles. The maximum absolute atomic E-state index is 13.1. The zero-order valence-corrected chi connectivity index (χ0v) is 18.2. The number of para-hydroxylation sites is 1. The van der Waals surface area contributed by atoms with Gasteiger partial charge in [-0.15, -0.1) is 0 Å². The fourth-order valence-corrected chi connectivity index (χ4v) is 3.74. The van der Waals surface area contributed by atoms with Gasteiger partial charge in [0.15, 0.2) is 0 Å². The van der Waals surface area contributed by atoms with Crippen molar-refractivity contribution >= 4 is 29.1 Å². The van der Waals surface area contributed by atoms with Crippen LogP contribution in [0.25, 0.3) is 0 Å². The molecular weight excluding hydrogens is 447 g/mol. The molecule has 1 fully saturated rings. The predicted octanol–water partition coefficient (Wildman–Crippen LogP) is 3.69. The molecule has 0 bridgehead atoms. The van der Waals surface area contributed by atoms with Crippen LogP contribution in [0.1, 0.15) is 11.1 Å². The highest BCUT2D eigenvalue weighted by atomic mass is 35.5. The van der Waals surface area contributed by atoms with Gasteiger partial charge >= 0.3 is 6.18 Å². The van der Waals surface area contributed by atoms with Crippen molar-refractivity contribution in [1.29, 1.82) is 0 Å². The van der Waals surface area contributed by atoms with E-state index in [1.165, 1.54) is 25.3 Å². The van der Waals surface area contributed by atoms with Crippen LogP contribution in [0.3, 0.4) is 0 Å². The first-order valence-electron chi connectivity index (χ1n) is 9.96. The van der Waals surface area contributed by atoms with Crippen molar-refractivity contribution in [3.05, 3.63) is 58.6 Å². The fraction of sp³-hybridized carbons (Fsp3) is 0.364. The Balaban J connectivity index is 1.52. The third-order valence-electron chi connectivity index (χ3n) is 5.18. The molecule has 32 heavy (non-hydrogen) atoms. The number of piperazine rings is 1. The molecule has 0 unspecified atom stereocenters. The first-order valence-corrected chi connectivity index (χ1v) is 10.3. The van der Waals surface area contributed by atoms with Crippen molar-refractivity contribution in [2.24, 2.45) is 0 Å². The highest BCUT2D eigenvalue weighted by molar-refractivity contribution is 6.30. The van der Waals surface area contributed by atoms with Crippen LogP contribution in [0.5, 0.6) is 5.75 Å². The number of ether oxygens (including phenoxy) is 1. The van der Waals surface area contributed by atoms with Crippen LogP contribution in [-0.2, 0) is 22.2 Å². The molecule has 0 radical (unpaired) electrons. The summed E-state index contributed by atoms with van der Waals surface area (Å²) in [5, 5.41) is 2.85. The molecule has 1 heterocycles. The lowest BCUT2D eigenvalue weighted by Gasteiger charge is -2.34. The lowest BCUT2D eigenvalue weighted by Crippen LogP contribution is -2.50. The van der Waals surface area contributed by atoms with E-state index in [0.29, 0.717) is 42.5 Å². The van der Waals surface area contributed by atoms with Gasteiger partial charge in [-0.05, 0) is 30.3 Å². The van der Waals surface area contributed by atoms with Crippen molar-refractivity contribution in [2.75, 3.05) is 45.2 Å². The molecule has 3 rings (SSSR count). The lowest BCUT2D eigenvalue weighted by atomic mass is 10.1. The van der Waals surface area contributed by atoms with Gasteiger partial charge in [-0.25, -0.2) is 0 Å². The van der Waals surface area contributed by atoms with Crippen molar-refractivity contribution < 1.29 is 27.5 Å². The first kappa shape index (κ1) is 23.9. The number of benzene rings is 2. The number of carbonyl (C=O) groups is 2. The van der Waals surface area contributed by atoms with Crippen LogP contribution in [0.4, 0.5) is 18.9 Å². The zero-order chi connectivity index (χ0) is 23.3. The van der Waals surface area contributed by atoms with Crippen molar-refractivity contribution in [2.45, 2.75) is 12.6 Å². The SMILES string of the molecule is COc1ccc(Cl)cc1CC(=O)N1CCN(CC(=O)Nc2ccccc2C(F)(F)F)CC1. The van der Waals surface area contributed by atoms with Gasteiger partial charge in [0.1, 0.15) is 5.75 Å². The number of anilines is 1. The molecule has 10 heteroatoms. The Hall–Kier alpha value is -2.78. The topological polar surface area (TPSA) is 61.9 Å². The molecule has 1 saturated heterocycles. The molecule has 0 aromatic heterocycles. The molecule has 1 N–H and O–H groups in total. The number of methoxy groups -OCH3 is 1. The van der Waals surface area contributed by atoms with Gasteiger partial charge in [-0.2, -0.15) is 13.2 Å². The summed E-state index contributed by atoms with van der Waals surface area (Å²) in [6.07, 6.45) is -4.42. The van der Waals surface area contributed by atoms with E-state index in [0.717, 1.165) is 6.07 Å². The molecule has 172 valence electrons. The van der Waals surface area contributed by atoms with Crippen LogP contribution >= 0.6 is 11.6 Å². The second kappa shape index (κ2) is 10.2. The van der Waals surface area contributed by atoms with Crippen LogP contribution in [0.2, 0.25) is 5.02 Å². The van der Waals surface area contributed by atoms with E-state index in [4.69, 9.17) is 16.3 Å². The molecule has 0 atom stereocenters. The van der Waals surface area contributed by atoms with Crippen molar-refractivity contribution in [3.8, 4) is 5.75 Å². The Labute approximate surface area is 188 Å². The summed E-state index contributed by atoms with van der Waals surface area (Å²) in [6, 6.07) is 9.94. The minimum atomic E-state index is -4.55. The average Bonchev–Trinajstić information content (AvgIpc) is 2.74. The Morgan fingerprint density at radius 2 is 1.78 bits per heavy atom. The molecule has 6 nitrogen and oxygen atoms in total. The summed E-state index contributed by atoms with van der Waals surface area (Å²) in [5.74, 6) is -0.0453. The highest BCUT2D eigenvalue weighted by Crippen LogP contribution is 2.34. The molecule has 2 aromatic rings. The normalized spacial score (nSPS) is 14.8. The van der Waals surface area contributed by atoms with Gasteiger partial charge < -0.3 is 15.0 Å². The fourth-order valence-electron chi connectivity index (χ4n) is 3.55. The number of rotatable bonds is 6. The van der Waals surface area contributed by atoms with Gasteiger partial charge in [0.2, 0.25) is 11.8 Å². The number of carbonyl (C=O) groups excluding carboxylic acids is 2. The highest BCUT2D eigenvalue weighted by Gasteiger charge is 2.33. The van der Waals surface area contributed by atoms with Gasteiger partial charge in [0, 0.05) is 36.8 Å². The number of nitrogens with one attached hydrogen (secondary N) is 1. The second-order valence-corrected chi connectivity index (χ2v) is 7.82. The van der Waals surface area contributed by atoms with E-state index >= 15 is 0 Å². The van der Waals surface area contributed by atoms with E-state index in [1.807, 2.05) is 0 Å². The summed E-state index contributed by atoms with van der Waals surface area (Å²) in [6.45, 7) is 1.64. The Bertz CT molecular complexity index is 976. The Morgan fingerprint density at radius 3 is 2.44 bits per heavy atom. The number of amides is 2. The number of alkyl halides is 3. The molecule has 1 aliphatic rings. The number of hydrogen-bond acceptors (Lipinski definition) is 4. The summed E-state index contributed by atoms with van der Waals surface area (Å²) < 4.78 is 44.5. The van der Waals surface area contributed by atoms with Crippen LogP contribution in [0.15, 0.2) is 42.5 Å². The molecule has 0 aliphatic carbocycles. The molecule has 2 aromatic carbocycles. The maximum atomic E-state index is 13.1. The predicted molar refractivity (Wildman–Crippen MR) is 115 cm³/mol. The minimum absolute atomic E-state index is 0.0592. The van der Waals surface area contributed by atoms with Crippen LogP contribution < -0.4 is 10.1 Å². The summed E-state index contributed by atoms with van der Waals surface area (Å²) in [7, 11) is 1.52. The average molecular weight is 470 g/mol. The van der Waals surface area contributed by atoms with Crippen LogP contribution in [0, 0.1) is 0 Å². The number of hydrogen-bond donors (Lipinski definition) is 1. The smallest absolute Gasteiger partial charge is 0.418 e. The minimum Gasteiger partial charge on any atom is -0.496 e. The largest absolute Gasteiger partial charge is 0.496 e. The monoisotopic (exact) mass is 469 g/mol. The standard InChI is InChI=1S/C22H23ClF3N3O3/c1-32-19-7-6-16(23)12-15(19)13-21(31)29-10-8-28(9-11-29)14-20(30)27-18-5-3-2-4-17(18)22(24,25)26/h2-7,12H,8-11,13-14H2,1H3,(H,27,30). The molecule has 0 saturated carbocycles. The Morgan fingerprint density at radius 1 is 1.09 bits per heavy atom. The number of halogens is 4. The second-order valence-electron chi connectivity index (χ2n) is 7.38. The lowest BCUT2D eigenvalue weighted by molar-refractivity contribution is -0.137. The van der Waals surface area contributed by atoms with E-state index in [9.17, 15) is 22.8 Å². The van der Waals surface area contributed by atoms with Gasteiger partial charge in [-0.3, -0.25) is 14.5 Å². The summed E-state index contributed by atoms with van der Waals surface area (Å²) >= 11 is 6.02. The molecule has 0 spiro atoms. The van der Waals surface area contributed by atoms with E-state index in [2.05, 4.69) is 5.32 Å².